The Morgan fingerprint density at radius 2 is 2.09 bits per heavy atom. The third-order valence-electron chi connectivity index (χ3n) is 5.28. The average molecular weight is 312 g/mol. The number of carbonyl (C=O) groups excluding carboxylic acids is 2. The first-order chi connectivity index (χ1) is 11.1. The smallest absolute Gasteiger partial charge is 0.274 e. The number of hydrogen-bond acceptors (Lipinski definition) is 3. The SMILES string of the molecule is Cc1c(C(=O)N2CCC3(CC2)CNC(=O)C3)nc2ccccn12. The van der Waals surface area contributed by atoms with Gasteiger partial charge in [-0.15, -0.1) is 0 Å². The van der Waals surface area contributed by atoms with E-state index in [0.717, 1.165) is 30.7 Å². The molecule has 2 aliphatic heterocycles. The minimum absolute atomic E-state index is 0.00154. The van der Waals surface area contributed by atoms with E-state index < -0.39 is 0 Å². The molecule has 4 heterocycles. The predicted molar refractivity (Wildman–Crippen MR) is 85.1 cm³/mol. The predicted octanol–water partition coefficient (Wildman–Crippen LogP) is 1.39. The Kier molecular flexibility index (Phi) is 3.14. The number of amides is 2. The van der Waals surface area contributed by atoms with Gasteiger partial charge in [-0.2, -0.15) is 0 Å². The summed E-state index contributed by atoms with van der Waals surface area (Å²) in [5.74, 6) is 0.138. The fraction of sp³-hybridized carbons (Fsp3) is 0.471. The first-order valence-corrected chi connectivity index (χ1v) is 8.08. The third-order valence-corrected chi connectivity index (χ3v) is 5.28. The molecule has 2 amide bonds. The van der Waals surface area contributed by atoms with Gasteiger partial charge >= 0.3 is 0 Å². The van der Waals surface area contributed by atoms with Crippen molar-refractivity contribution >= 4 is 17.5 Å². The molecule has 2 aliphatic rings. The van der Waals surface area contributed by atoms with E-state index in [9.17, 15) is 9.59 Å². The molecule has 0 aromatic carbocycles. The Labute approximate surface area is 134 Å². The number of pyridine rings is 1. The maximum Gasteiger partial charge on any atom is 0.274 e. The highest BCUT2D eigenvalue weighted by Crippen LogP contribution is 2.37. The molecule has 1 N–H and O–H groups in total. The molecule has 120 valence electrons. The minimum Gasteiger partial charge on any atom is -0.356 e. The Hall–Kier alpha value is -2.37. The number of nitrogens with zero attached hydrogens (tertiary/aromatic N) is 3. The second-order valence-electron chi connectivity index (χ2n) is 6.72. The topological polar surface area (TPSA) is 66.7 Å². The summed E-state index contributed by atoms with van der Waals surface area (Å²) in [5, 5.41) is 2.92. The van der Waals surface area contributed by atoms with Crippen molar-refractivity contribution in [1.29, 1.82) is 0 Å². The molecule has 6 nitrogen and oxygen atoms in total. The molecule has 1 spiro atoms. The number of likely N-dealkylation sites (tertiary alicyclic amines) is 1. The van der Waals surface area contributed by atoms with E-state index in [1.54, 1.807) is 0 Å². The van der Waals surface area contributed by atoms with E-state index in [4.69, 9.17) is 0 Å². The normalized spacial score (nSPS) is 20.2. The van der Waals surface area contributed by atoms with Crippen molar-refractivity contribution in [3.05, 3.63) is 35.8 Å². The highest BCUT2D eigenvalue weighted by Gasteiger charge is 2.42. The van der Waals surface area contributed by atoms with Crippen LogP contribution in [-0.4, -0.2) is 45.7 Å². The number of rotatable bonds is 1. The number of fused-ring (bicyclic) bond motifs is 1. The summed E-state index contributed by atoms with van der Waals surface area (Å²) >= 11 is 0. The lowest BCUT2D eigenvalue weighted by Crippen LogP contribution is -2.44. The van der Waals surface area contributed by atoms with Crippen LogP contribution in [0.3, 0.4) is 0 Å². The van der Waals surface area contributed by atoms with Gasteiger partial charge in [0.25, 0.3) is 5.91 Å². The van der Waals surface area contributed by atoms with E-state index in [-0.39, 0.29) is 17.2 Å². The van der Waals surface area contributed by atoms with Gasteiger partial charge in [0.05, 0.1) is 5.69 Å². The van der Waals surface area contributed by atoms with Crippen molar-refractivity contribution in [2.45, 2.75) is 26.2 Å². The van der Waals surface area contributed by atoms with Crippen molar-refractivity contribution in [2.75, 3.05) is 19.6 Å². The standard InChI is InChI=1S/C17H20N4O2/c1-12-15(19-13-4-2-3-7-21(12)13)16(23)20-8-5-17(6-9-20)10-14(22)18-11-17/h2-4,7H,5-6,8-11H2,1H3,(H,18,22). The van der Waals surface area contributed by atoms with Gasteiger partial charge < -0.3 is 14.6 Å². The minimum atomic E-state index is -0.00154. The number of aromatic nitrogens is 2. The van der Waals surface area contributed by atoms with Gasteiger partial charge in [-0.05, 0) is 37.3 Å². The first kappa shape index (κ1) is 14.2. The molecule has 2 fully saturated rings. The summed E-state index contributed by atoms with van der Waals surface area (Å²) < 4.78 is 1.94. The van der Waals surface area contributed by atoms with Gasteiger partial charge in [0.1, 0.15) is 11.3 Å². The van der Waals surface area contributed by atoms with Crippen LogP contribution in [0, 0.1) is 12.3 Å². The molecule has 0 radical (unpaired) electrons. The lowest BCUT2D eigenvalue weighted by atomic mass is 9.77. The molecule has 4 rings (SSSR count). The molecule has 0 saturated carbocycles. The first-order valence-electron chi connectivity index (χ1n) is 8.08. The van der Waals surface area contributed by atoms with Crippen LogP contribution in [0.5, 0.6) is 0 Å². The van der Waals surface area contributed by atoms with Crippen LogP contribution in [0.25, 0.3) is 5.65 Å². The molecule has 0 bridgehead atoms. The van der Waals surface area contributed by atoms with Gasteiger partial charge in [-0.25, -0.2) is 4.98 Å². The van der Waals surface area contributed by atoms with E-state index in [0.29, 0.717) is 25.2 Å². The number of imidazole rings is 1. The Morgan fingerprint density at radius 1 is 1.30 bits per heavy atom. The summed E-state index contributed by atoms with van der Waals surface area (Å²) in [4.78, 5) is 30.7. The third kappa shape index (κ3) is 2.29. The average Bonchev–Trinajstić information content (AvgIpc) is 3.09. The molecule has 0 aliphatic carbocycles. The number of carbonyl (C=O) groups is 2. The Bertz CT molecular complexity index is 787. The number of nitrogens with one attached hydrogen (secondary N) is 1. The molecule has 0 unspecified atom stereocenters. The fourth-order valence-electron chi connectivity index (χ4n) is 3.76. The Morgan fingerprint density at radius 3 is 2.74 bits per heavy atom. The van der Waals surface area contributed by atoms with Gasteiger partial charge in [-0.1, -0.05) is 6.07 Å². The molecular formula is C17H20N4O2. The van der Waals surface area contributed by atoms with Crippen LogP contribution >= 0.6 is 0 Å². The van der Waals surface area contributed by atoms with Gasteiger partial charge in [0.2, 0.25) is 5.91 Å². The van der Waals surface area contributed by atoms with E-state index >= 15 is 0 Å². The summed E-state index contributed by atoms with van der Waals surface area (Å²) in [5.41, 5.74) is 2.27. The lowest BCUT2D eigenvalue weighted by Gasteiger charge is -2.38. The van der Waals surface area contributed by atoms with Crippen LogP contribution in [0.1, 0.15) is 35.4 Å². The van der Waals surface area contributed by atoms with Gasteiger partial charge in [0.15, 0.2) is 0 Å². The summed E-state index contributed by atoms with van der Waals surface area (Å²) in [7, 11) is 0. The van der Waals surface area contributed by atoms with Crippen molar-refractivity contribution in [1.82, 2.24) is 19.6 Å². The molecule has 6 heteroatoms. The lowest BCUT2D eigenvalue weighted by molar-refractivity contribution is -0.119. The molecule has 23 heavy (non-hydrogen) atoms. The van der Waals surface area contributed by atoms with Crippen LogP contribution in [-0.2, 0) is 4.79 Å². The molecule has 2 aromatic heterocycles. The van der Waals surface area contributed by atoms with Crippen molar-refractivity contribution < 1.29 is 9.59 Å². The zero-order chi connectivity index (χ0) is 16.0. The highest BCUT2D eigenvalue weighted by molar-refractivity contribution is 5.94. The molecule has 2 aromatic rings. The second-order valence-corrected chi connectivity index (χ2v) is 6.72. The number of hydrogen-bond donors (Lipinski definition) is 1. The fourth-order valence-corrected chi connectivity index (χ4v) is 3.76. The maximum absolute atomic E-state index is 12.8. The van der Waals surface area contributed by atoms with Crippen LogP contribution in [0.15, 0.2) is 24.4 Å². The molecule has 0 atom stereocenters. The van der Waals surface area contributed by atoms with E-state index in [1.165, 1.54) is 0 Å². The van der Waals surface area contributed by atoms with E-state index in [2.05, 4.69) is 10.3 Å². The zero-order valence-corrected chi connectivity index (χ0v) is 13.2. The summed E-state index contributed by atoms with van der Waals surface area (Å²) in [6.07, 6.45) is 4.28. The largest absolute Gasteiger partial charge is 0.356 e. The van der Waals surface area contributed by atoms with Gasteiger partial charge in [-0.3, -0.25) is 9.59 Å². The van der Waals surface area contributed by atoms with Crippen LogP contribution in [0.4, 0.5) is 0 Å². The van der Waals surface area contributed by atoms with E-state index in [1.807, 2.05) is 40.6 Å². The molecular weight excluding hydrogens is 292 g/mol. The summed E-state index contributed by atoms with van der Waals surface area (Å²) in [6.45, 7) is 4.07. The monoisotopic (exact) mass is 312 g/mol. The van der Waals surface area contributed by atoms with Crippen molar-refractivity contribution in [3.8, 4) is 0 Å². The van der Waals surface area contributed by atoms with Crippen molar-refractivity contribution in [2.24, 2.45) is 5.41 Å². The number of aryl methyl sites for hydroxylation is 1. The van der Waals surface area contributed by atoms with Gasteiger partial charge in [0, 0.05) is 32.3 Å². The number of piperidine rings is 1. The maximum atomic E-state index is 12.8. The highest BCUT2D eigenvalue weighted by atomic mass is 16.2. The van der Waals surface area contributed by atoms with Crippen molar-refractivity contribution in [3.63, 3.8) is 0 Å². The Balaban J connectivity index is 1.53. The van der Waals surface area contributed by atoms with Crippen LogP contribution < -0.4 is 5.32 Å². The van der Waals surface area contributed by atoms with Crippen LogP contribution in [0.2, 0.25) is 0 Å². The quantitative estimate of drug-likeness (QED) is 0.865. The molecule has 2 saturated heterocycles. The second kappa shape index (κ2) is 5.08. The zero-order valence-electron chi connectivity index (χ0n) is 13.2. The summed E-state index contributed by atoms with van der Waals surface area (Å²) in [6, 6.07) is 5.76.